The van der Waals surface area contributed by atoms with Gasteiger partial charge in [-0.2, -0.15) is 0 Å². The molecular formula is C27H29N3O10S. The second-order valence-corrected chi connectivity index (χ2v) is 9.19. The van der Waals surface area contributed by atoms with Crippen LogP contribution in [0.15, 0.2) is 65.1 Å². The summed E-state index contributed by atoms with van der Waals surface area (Å²) in [4.78, 5) is 38.7. The lowest BCUT2D eigenvalue weighted by atomic mass is 10.0. The summed E-state index contributed by atoms with van der Waals surface area (Å²) >= 11 is 5.25. The normalized spacial score (nSPS) is 14.5. The fraction of sp³-hybridized carbons (Fsp3) is 0.259. The van der Waals surface area contributed by atoms with Crippen LogP contribution in [0.4, 0.5) is 0 Å². The van der Waals surface area contributed by atoms with E-state index in [-0.39, 0.29) is 10.5 Å². The van der Waals surface area contributed by atoms with Gasteiger partial charge in [0.05, 0.1) is 18.0 Å². The maximum Gasteiger partial charge on any atom is 0.332 e. The highest BCUT2D eigenvalue weighted by atomic mass is 32.1. The summed E-state index contributed by atoms with van der Waals surface area (Å²) in [5.41, 5.74) is -1.41. The van der Waals surface area contributed by atoms with Crippen molar-refractivity contribution in [1.29, 1.82) is 0 Å². The number of ether oxygens (including phenoxy) is 2. The van der Waals surface area contributed by atoms with Crippen molar-refractivity contribution in [2.75, 3.05) is 6.61 Å². The monoisotopic (exact) mass is 587 g/mol. The lowest BCUT2D eigenvalue weighted by molar-refractivity contribution is -0.160. The van der Waals surface area contributed by atoms with E-state index in [1.165, 1.54) is 0 Å². The van der Waals surface area contributed by atoms with E-state index >= 15 is 0 Å². The Morgan fingerprint density at radius 1 is 1.10 bits per heavy atom. The highest BCUT2D eigenvalue weighted by molar-refractivity contribution is 7.71. The molecule has 0 bridgehead atoms. The number of nitrogens with zero attached hydrogens (tertiary/aromatic N) is 1. The fourth-order valence-electron chi connectivity index (χ4n) is 3.67. The number of aromatic nitrogens is 2. The Balaban J connectivity index is 2.11. The second-order valence-electron chi connectivity index (χ2n) is 8.80. The van der Waals surface area contributed by atoms with Gasteiger partial charge in [-0.05, 0) is 61.6 Å². The molecule has 0 saturated carbocycles. The van der Waals surface area contributed by atoms with Crippen molar-refractivity contribution < 1.29 is 44.6 Å². The average molecular weight is 588 g/mol. The van der Waals surface area contributed by atoms with Crippen LogP contribution in [0.1, 0.15) is 19.4 Å². The van der Waals surface area contributed by atoms with Crippen molar-refractivity contribution in [3.63, 3.8) is 0 Å². The zero-order chi connectivity index (χ0) is 30.3. The third kappa shape index (κ3) is 7.87. The van der Waals surface area contributed by atoms with Crippen LogP contribution >= 0.6 is 12.2 Å². The van der Waals surface area contributed by atoms with Gasteiger partial charge in [0.2, 0.25) is 11.8 Å². The Labute approximate surface area is 238 Å². The fourth-order valence-corrected chi connectivity index (χ4v) is 3.95. The number of carboxylic acids is 1. The van der Waals surface area contributed by atoms with Gasteiger partial charge in [-0.3, -0.25) is 19.1 Å². The summed E-state index contributed by atoms with van der Waals surface area (Å²) in [6.45, 7) is 1.29. The Bertz CT molecular complexity index is 1520. The summed E-state index contributed by atoms with van der Waals surface area (Å²) in [7, 11) is 0. The van der Waals surface area contributed by atoms with Crippen molar-refractivity contribution in [2.45, 2.75) is 38.3 Å². The smallest absolute Gasteiger partial charge is 0.332 e. The summed E-state index contributed by atoms with van der Waals surface area (Å²) < 4.78 is 12.1. The molecule has 3 rings (SSSR count). The molecule has 1 heterocycles. The van der Waals surface area contributed by atoms with Crippen molar-refractivity contribution in [1.82, 2.24) is 14.9 Å². The largest absolute Gasteiger partial charge is 0.494 e. The van der Waals surface area contributed by atoms with E-state index in [9.17, 15) is 39.9 Å². The number of hydrogen-bond donors (Lipinski definition) is 7. The van der Waals surface area contributed by atoms with E-state index in [2.05, 4.69) is 10.3 Å². The highest BCUT2D eigenvalue weighted by Gasteiger charge is 2.34. The maximum absolute atomic E-state index is 12.9. The van der Waals surface area contributed by atoms with Crippen molar-refractivity contribution in [2.24, 2.45) is 0 Å². The van der Waals surface area contributed by atoms with Crippen molar-refractivity contribution in [3.05, 3.63) is 81.0 Å². The molecule has 218 valence electrons. The van der Waals surface area contributed by atoms with E-state index in [1.54, 1.807) is 36.4 Å². The van der Waals surface area contributed by atoms with Gasteiger partial charge < -0.3 is 40.3 Å². The van der Waals surface area contributed by atoms with E-state index in [0.29, 0.717) is 17.2 Å². The maximum atomic E-state index is 12.9. The molecule has 1 amide bonds. The molecule has 3 unspecified atom stereocenters. The van der Waals surface area contributed by atoms with Crippen LogP contribution in [0.5, 0.6) is 17.4 Å². The number of aromatic amines is 1. The number of nitrogens with one attached hydrogen (secondary N) is 2. The van der Waals surface area contributed by atoms with Gasteiger partial charge >= 0.3 is 5.97 Å². The number of aliphatic hydroxyl groups excluding tert-OH is 3. The van der Waals surface area contributed by atoms with Crippen LogP contribution in [0.2, 0.25) is 0 Å². The number of rotatable bonds is 12. The highest BCUT2D eigenvalue weighted by Crippen LogP contribution is 2.27. The minimum absolute atomic E-state index is 0.175. The molecule has 0 spiro atoms. The number of aromatic hydroxyl groups is 1. The van der Waals surface area contributed by atoms with Crippen LogP contribution in [0.3, 0.4) is 0 Å². The quantitative estimate of drug-likeness (QED) is 0.151. The van der Waals surface area contributed by atoms with Crippen molar-refractivity contribution in [3.8, 4) is 23.1 Å². The average Bonchev–Trinajstić information content (AvgIpc) is 2.93. The minimum atomic E-state index is -1.95. The molecule has 13 nitrogen and oxygen atoms in total. The van der Waals surface area contributed by atoms with E-state index in [0.717, 1.165) is 24.5 Å². The number of carbonyl (C=O) groups is 2. The van der Waals surface area contributed by atoms with Crippen molar-refractivity contribution >= 4 is 30.2 Å². The van der Waals surface area contributed by atoms with Crippen LogP contribution in [0.25, 0.3) is 11.8 Å². The van der Waals surface area contributed by atoms with Gasteiger partial charge in [-0.15, -0.1) is 0 Å². The van der Waals surface area contributed by atoms with E-state index < -0.39 is 59.9 Å². The third-order valence-electron chi connectivity index (χ3n) is 5.71. The lowest BCUT2D eigenvalue weighted by Gasteiger charge is -2.30. The van der Waals surface area contributed by atoms with Gasteiger partial charge in [0.15, 0.2) is 10.9 Å². The topological polar surface area (TPSA) is 204 Å². The number of benzene rings is 2. The van der Waals surface area contributed by atoms with Gasteiger partial charge in [-0.1, -0.05) is 18.2 Å². The molecule has 0 aliphatic heterocycles. The molecule has 0 aliphatic carbocycles. The summed E-state index contributed by atoms with van der Waals surface area (Å²) in [5, 5.41) is 52.7. The Kier molecular flexibility index (Phi) is 10.5. The Morgan fingerprint density at radius 2 is 1.71 bits per heavy atom. The molecule has 0 radical (unpaired) electrons. The molecule has 1 aromatic heterocycles. The number of para-hydroxylation sites is 1. The van der Waals surface area contributed by atoms with Gasteiger partial charge in [0, 0.05) is 6.92 Å². The number of carboxylic acid groups (broad SMARTS) is 1. The molecule has 0 fully saturated rings. The first-order valence-electron chi connectivity index (χ1n) is 12.2. The molecule has 7 N–H and O–H groups in total. The zero-order valence-electron chi connectivity index (χ0n) is 21.9. The van der Waals surface area contributed by atoms with Gasteiger partial charge in [0.25, 0.3) is 5.56 Å². The Morgan fingerprint density at radius 3 is 2.27 bits per heavy atom. The van der Waals surface area contributed by atoms with Gasteiger partial charge in [-0.25, -0.2) is 4.79 Å². The van der Waals surface area contributed by atoms with Gasteiger partial charge in [0.1, 0.15) is 35.4 Å². The molecule has 0 aliphatic rings. The van der Waals surface area contributed by atoms with E-state index in [4.69, 9.17) is 21.7 Å². The molecular weight excluding hydrogens is 558 g/mol. The molecule has 0 saturated heterocycles. The molecule has 14 heteroatoms. The predicted molar refractivity (Wildman–Crippen MR) is 148 cm³/mol. The molecule has 3 aromatic rings. The third-order valence-corrected chi connectivity index (χ3v) is 6.00. The zero-order valence-corrected chi connectivity index (χ0v) is 22.7. The standard InChI is InChI=1S/C27H29N3O10S/c1-14(26(37)38)39-23(22(34)21(33)13-31)20(28-15(2)32)12-19-24(35)29-27(41)30(25(19)36)16-8-10-18(11-9-16)40-17-6-4-3-5-7-17/h3-12,14,21-23,31,33-34,36H,13H2,1-2H3,(H,28,32)(H,37,38)(H,29,35,41)/t14?,21?,22-,23?/m0/s1. The molecule has 2 aromatic carbocycles. The first-order valence-corrected chi connectivity index (χ1v) is 12.6. The Hall–Kier alpha value is -4.34. The number of aliphatic hydroxyl groups is 3. The number of hydrogen-bond acceptors (Lipinski definition) is 10. The van der Waals surface area contributed by atoms with Crippen LogP contribution < -0.4 is 15.6 Å². The number of carbonyl (C=O) groups excluding carboxylic acids is 1. The first-order chi connectivity index (χ1) is 19.4. The van der Waals surface area contributed by atoms with Crippen LogP contribution in [-0.4, -0.2) is 78.0 Å². The summed E-state index contributed by atoms with van der Waals surface area (Å²) in [6.07, 6.45) is -6.15. The second kappa shape index (κ2) is 13.8. The lowest BCUT2D eigenvalue weighted by Crippen LogP contribution is -2.47. The van der Waals surface area contributed by atoms with E-state index in [1.807, 2.05) is 18.2 Å². The number of aliphatic carboxylic acids is 1. The minimum Gasteiger partial charge on any atom is -0.494 e. The van der Waals surface area contributed by atoms with Crippen LogP contribution in [-0.2, 0) is 14.3 Å². The summed E-state index contributed by atoms with van der Waals surface area (Å²) in [5.74, 6) is -1.73. The number of amides is 1. The molecule has 4 atom stereocenters. The first kappa shape index (κ1) is 31.2. The summed E-state index contributed by atoms with van der Waals surface area (Å²) in [6, 6.07) is 15.4. The van der Waals surface area contributed by atoms with Crippen LogP contribution in [0, 0.1) is 4.77 Å². The SMILES string of the molecule is CC(=O)NC(=Cc1c(O)n(-c2ccc(Oc3ccccc3)cc2)c(=S)[nH]c1=O)C(OC(C)C(=O)O)[C@@H](O)C(O)CO. The molecule has 41 heavy (non-hydrogen) atoms. The number of H-pyrrole nitrogens is 1. The predicted octanol–water partition coefficient (Wildman–Crippen LogP) is 1.44.